The standard InChI is InChI=1S/C20H28N2O5/c1-5-12-20(15(3)6-2,18(24)21-13-17(23)26-4)22-19(25)27-14-16-10-8-7-9-11-16/h5,7-11,15H,1,6,12-14H2,2-4H3,(H,21,24)(H,22,25)/t15-,20-/m0/s1. The van der Waals surface area contributed by atoms with Crippen molar-refractivity contribution in [3.8, 4) is 0 Å². The zero-order chi connectivity index (χ0) is 20.3. The number of rotatable bonds is 10. The highest BCUT2D eigenvalue weighted by molar-refractivity contribution is 5.92. The van der Waals surface area contributed by atoms with Gasteiger partial charge in [-0.2, -0.15) is 0 Å². The van der Waals surface area contributed by atoms with E-state index in [0.29, 0.717) is 6.42 Å². The van der Waals surface area contributed by atoms with Gasteiger partial charge in [-0.05, 0) is 17.9 Å². The molecule has 0 spiro atoms. The lowest BCUT2D eigenvalue weighted by molar-refractivity contribution is -0.142. The Morgan fingerprint density at radius 1 is 1.26 bits per heavy atom. The van der Waals surface area contributed by atoms with E-state index in [4.69, 9.17) is 4.74 Å². The first-order chi connectivity index (χ1) is 12.9. The van der Waals surface area contributed by atoms with Crippen LogP contribution < -0.4 is 10.6 Å². The second-order valence-corrected chi connectivity index (χ2v) is 6.22. The van der Waals surface area contributed by atoms with Gasteiger partial charge in [0, 0.05) is 0 Å². The predicted molar refractivity (Wildman–Crippen MR) is 102 cm³/mol. The van der Waals surface area contributed by atoms with Crippen molar-refractivity contribution in [1.29, 1.82) is 0 Å². The van der Waals surface area contributed by atoms with E-state index in [2.05, 4.69) is 21.9 Å². The first-order valence-electron chi connectivity index (χ1n) is 8.84. The molecule has 0 aliphatic rings. The van der Waals surface area contributed by atoms with Crippen molar-refractivity contribution in [1.82, 2.24) is 10.6 Å². The Kier molecular flexibility index (Phi) is 9.05. The molecule has 1 aromatic carbocycles. The van der Waals surface area contributed by atoms with Gasteiger partial charge in [0.1, 0.15) is 18.7 Å². The second kappa shape index (κ2) is 11.0. The van der Waals surface area contributed by atoms with Gasteiger partial charge in [-0.1, -0.05) is 56.7 Å². The number of carbonyl (C=O) groups is 3. The Balaban J connectivity index is 2.91. The fourth-order valence-electron chi connectivity index (χ4n) is 2.65. The summed E-state index contributed by atoms with van der Waals surface area (Å²) in [5.41, 5.74) is -0.446. The number of hydrogen-bond donors (Lipinski definition) is 2. The van der Waals surface area contributed by atoms with Gasteiger partial charge >= 0.3 is 12.1 Å². The first kappa shape index (κ1) is 22.2. The van der Waals surface area contributed by atoms with Crippen LogP contribution in [0.15, 0.2) is 43.0 Å². The summed E-state index contributed by atoms with van der Waals surface area (Å²) >= 11 is 0. The molecular weight excluding hydrogens is 348 g/mol. The summed E-state index contributed by atoms with van der Waals surface area (Å²) in [5, 5.41) is 5.22. The molecule has 1 aromatic rings. The molecule has 0 heterocycles. The number of esters is 1. The van der Waals surface area contributed by atoms with Crippen LogP contribution in [0.25, 0.3) is 0 Å². The van der Waals surface area contributed by atoms with E-state index in [1.54, 1.807) is 6.08 Å². The number of alkyl carbamates (subject to hydrolysis) is 1. The summed E-state index contributed by atoms with van der Waals surface area (Å²) < 4.78 is 9.81. The molecule has 0 unspecified atom stereocenters. The van der Waals surface area contributed by atoms with Crippen molar-refractivity contribution >= 4 is 18.0 Å². The number of benzene rings is 1. The number of amides is 2. The number of hydrogen-bond acceptors (Lipinski definition) is 5. The molecule has 2 amide bonds. The maximum atomic E-state index is 12.8. The van der Waals surface area contributed by atoms with Crippen molar-refractivity contribution in [2.45, 2.75) is 38.8 Å². The lowest BCUT2D eigenvalue weighted by Gasteiger charge is -2.37. The van der Waals surface area contributed by atoms with Crippen molar-refractivity contribution in [3.63, 3.8) is 0 Å². The molecule has 0 bridgehead atoms. The van der Waals surface area contributed by atoms with Crippen LogP contribution in [0.2, 0.25) is 0 Å². The molecule has 2 N–H and O–H groups in total. The quantitative estimate of drug-likeness (QED) is 0.483. The van der Waals surface area contributed by atoms with E-state index in [0.717, 1.165) is 5.56 Å². The molecule has 0 radical (unpaired) electrons. The number of nitrogens with one attached hydrogen (secondary N) is 2. The monoisotopic (exact) mass is 376 g/mol. The lowest BCUT2D eigenvalue weighted by atomic mass is 9.79. The molecular formula is C20H28N2O5. The minimum Gasteiger partial charge on any atom is -0.468 e. The van der Waals surface area contributed by atoms with Gasteiger partial charge in [0.05, 0.1) is 7.11 Å². The van der Waals surface area contributed by atoms with Crippen LogP contribution in [0.3, 0.4) is 0 Å². The third-order valence-electron chi connectivity index (χ3n) is 4.48. The smallest absolute Gasteiger partial charge is 0.408 e. The summed E-state index contributed by atoms with van der Waals surface area (Å²) in [6.45, 7) is 7.25. The highest BCUT2D eigenvalue weighted by Crippen LogP contribution is 2.26. The zero-order valence-electron chi connectivity index (χ0n) is 16.1. The molecule has 27 heavy (non-hydrogen) atoms. The average Bonchev–Trinajstić information content (AvgIpc) is 2.69. The largest absolute Gasteiger partial charge is 0.468 e. The third-order valence-corrected chi connectivity index (χ3v) is 4.48. The van der Waals surface area contributed by atoms with Gasteiger partial charge < -0.3 is 20.1 Å². The Hall–Kier alpha value is -2.83. The van der Waals surface area contributed by atoms with Crippen molar-refractivity contribution < 1.29 is 23.9 Å². The van der Waals surface area contributed by atoms with Crippen molar-refractivity contribution in [2.75, 3.05) is 13.7 Å². The van der Waals surface area contributed by atoms with Gasteiger partial charge in [0.25, 0.3) is 0 Å². The molecule has 7 nitrogen and oxygen atoms in total. The molecule has 0 saturated heterocycles. The fraction of sp³-hybridized carbons (Fsp3) is 0.450. The molecule has 0 aliphatic carbocycles. The van der Waals surface area contributed by atoms with E-state index in [-0.39, 0.29) is 25.5 Å². The second-order valence-electron chi connectivity index (χ2n) is 6.22. The van der Waals surface area contributed by atoms with E-state index < -0.39 is 23.5 Å². The molecule has 148 valence electrons. The molecule has 7 heteroatoms. The van der Waals surface area contributed by atoms with Gasteiger partial charge in [-0.15, -0.1) is 6.58 Å². The Bertz CT molecular complexity index is 647. The number of carbonyl (C=O) groups excluding carboxylic acids is 3. The summed E-state index contributed by atoms with van der Waals surface area (Å²) in [6.07, 6.45) is 1.66. The summed E-state index contributed by atoms with van der Waals surface area (Å²) in [6, 6.07) is 9.23. The summed E-state index contributed by atoms with van der Waals surface area (Å²) in [5.74, 6) is -1.29. The highest BCUT2D eigenvalue weighted by atomic mass is 16.5. The Morgan fingerprint density at radius 3 is 2.48 bits per heavy atom. The van der Waals surface area contributed by atoms with Crippen LogP contribution in [0, 0.1) is 5.92 Å². The van der Waals surface area contributed by atoms with Crippen LogP contribution in [0.5, 0.6) is 0 Å². The van der Waals surface area contributed by atoms with E-state index >= 15 is 0 Å². The van der Waals surface area contributed by atoms with Crippen LogP contribution in [0.4, 0.5) is 4.79 Å². The minimum absolute atomic E-state index is 0.0845. The van der Waals surface area contributed by atoms with Crippen LogP contribution in [-0.4, -0.2) is 37.2 Å². The normalized spacial score (nSPS) is 13.6. The van der Waals surface area contributed by atoms with Crippen molar-refractivity contribution in [3.05, 3.63) is 48.6 Å². The lowest BCUT2D eigenvalue weighted by Crippen LogP contribution is -2.62. The molecule has 0 fully saturated rings. The molecule has 0 saturated carbocycles. The van der Waals surface area contributed by atoms with Gasteiger partial charge in [-0.3, -0.25) is 9.59 Å². The SMILES string of the molecule is C=CC[C@@](NC(=O)OCc1ccccc1)(C(=O)NCC(=O)OC)[C@@H](C)CC. The van der Waals surface area contributed by atoms with Crippen LogP contribution >= 0.6 is 0 Å². The number of ether oxygens (including phenoxy) is 2. The molecule has 0 aliphatic heterocycles. The summed E-state index contributed by atoms with van der Waals surface area (Å²) in [4.78, 5) is 36.6. The summed E-state index contributed by atoms with van der Waals surface area (Å²) in [7, 11) is 1.24. The van der Waals surface area contributed by atoms with E-state index in [9.17, 15) is 14.4 Å². The molecule has 1 rings (SSSR count). The van der Waals surface area contributed by atoms with E-state index in [1.165, 1.54) is 7.11 Å². The first-order valence-corrected chi connectivity index (χ1v) is 8.84. The third kappa shape index (κ3) is 6.44. The van der Waals surface area contributed by atoms with Crippen molar-refractivity contribution in [2.24, 2.45) is 5.92 Å². The van der Waals surface area contributed by atoms with Crippen LogP contribution in [-0.2, 0) is 25.7 Å². The fourth-order valence-corrected chi connectivity index (χ4v) is 2.65. The molecule has 0 aromatic heterocycles. The molecule has 2 atom stereocenters. The Labute approximate surface area is 160 Å². The Morgan fingerprint density at radius 2 is 1.93 bits per heavy atom. The highest BCUT2D eigenvalue weighted by Gasteiger charge is 2.43. The van der Waals surface area contributed by atoms with Gasteiger partial charge in [-0.25, -0.2) is 4.79 Å². The zero-order valence-corrected chi connectivity index (χ0v) is 16.1. The maximum Gasteiger partial charge on any atom is 0.408 e. The average molecular weight is 376 g/mol. The maximum absolute atomic E-state index is 12.8. The van der Waals surface area contributed by atoms with E-state index in [1.807, 2.05) is 44.2 Å². The van der Waals surface area contributed by atoms with Gasteiger partial charge in [0.2, 0.25) is 5.91 Å². The van der Waals surface area contributed by atoms with Gasteiger partial charge in [0.15, 0.2) is 0 Å². The number of methoxy groups -OCH3 is 1. The van der Waals surface area contributed by atoms with Crippen LogP contribution in [0.1, 0.15) is 32.3 Å². The minimum atomic E-state index is -1.28. The predicted octanol–water partition coefficient (Wildman–Crippen LogP) is 2.56. The topological polar surface area (TPSA) is 93.7 Å².